The van der Waals surface area contributed by atoms with Gasteiger partial charge in [0.1, 0.15) is 16.7 Å². The first-order valence-electron chi connectivity index (χ1n) is 21.5. The van der Waals surface area contributed by atoms with E-state index in [1.165, 1.54) is 66.0 Å². The molecular formula is C54H53BN2O2. The number of hydrogen-bond donors (Lipinski definition) is 1. The number of furan rings is 2. The second-order valence-corrected chi connectivity index (χ2v) is 21.0. The molecule has 2 aliphatic rings. The maximum atomic E-state index is 6.96. The first kappa shape index (κ1) is 36.4. The van der Waals surface area contributed by atoms with Crippen LogP contribution >= 0.6 is 0 Å². The third-order valence-electron chi connectivity index (χ3n) is 14.0. The molecule has 0 saturated carbocycles. The average molecular weight is 773 g/mol. The topological polar surface area (TPSA) is 43.2 Å². The Morgan fingerprint density at radius 2 is 1.25 bits per heavy atom. The molecule has 0 fully saturated rings. The van der Waals surface area contributed by atoms with Crippen LogP contribution in [-0.4, -0.2) is 11.8 Å². The number of anilines is 2. The lowest BCUT2D eigenvalue weighted by atomic mass is 9.60. The van der Waals surface area contributed by atoms with Crippen molar-refractivity contribution in [1.82, 2.24) is 4.57 Å². The van der Waals surface area contributed by atoms with E-state index in [0.717, 1.165) is 63.1 Å². The van der Waals surface area contributed by atoms with Crippen molar-refractivity contribution in [2.24, 2.45) is 0 Å². The van der Waals surface area contributed by atoms with Crippen LogP contribution in [0.4, 0.5) is 11.4 Å². The zero-order chi connectivity index (χ0) is 41.0. The molecule has 0 radical (unpaired) electrons. The van der Waals surface area contributed by atoms with Gasteiger partial charge in [-0.3, -0.25) is 0 Å². The lowest BCUT2D eigenvalue weighted by Gasteiger charge is -2.42. The smallest absolute Gasteiger partial charge is 0.244 e. The quantitative estimate of drug-likeness (QED) is 0.182. The summed E-state index contributed by atoms with van der Waals surface area (Å²) in [4.78, 5) is 0. The Hall–Kier alpha value is -5.68. The lowest BCUT2D eigenvalue weighted by Crippen LogP contribution is -2.36. The van der Waals surface area contributed by atoms with E-state index < -0.39 is 0 Å². The molecule has 0 bridgehead atoms. The van der Waals surface area contributed by atoms with E-state index in [-0.39, 0.29) is 21.7 Å². The number of nitrogens with zero attached hydrogens (tertiary/aromatic N) is 1. The molecule has 59 heavy (non-hydrogen) atoms. The predicted molar refractivity (Wildman–Crippen MR) is 252 cm³/mol. The van der Waals surface area contributed by atoms with Crippen LogP contribution in [0.2, 0.25) is 0 Å². The molecule has 0 atom stereocenters. The Morgan fingerprint density at radius 3 is 1.98 bits per heavy atom. The summed E-state index contributed by atoms with van der Waals surface area (Å²) in [6.07, 6.45) is 2.32. The van der Waals surface area contributed by atoms with E-state index in [2.05, 4.69) is 182 Å². The van der Waals surface area contributed by atoms with E-state index in [1.54, 1.807) is 0 Å². The van der Waals surface area contributed by atoms with Crippen molar-refractivity contribution < 1.29 is 8.83 Å². The minimum absolute atomic E-state index is 0.000701. The number of benzene rings is 6. The van der Waals surface area contributed by atoms with E-state index in [9.17, 15) is 0 Å². The minimum atomic E-state index is -0.000701. The summed E-state index contributed by atoms with van der Waals surface area (Å²) in [5.74, 6) is 0. The molecule has 1 aliphatic carbocycles. The molecule has 0 saturated heterocycles. The summed E-state index contributed by atoms with van der Waals surface area (Å²) in [5, 5.41) is 9.84. The minimum Gasteiger partial charge on any atom is -0.469 e. The van der Waals surface area contributed by atoms with Crippen molar-refractivity contribution in [3.63, 3.8) is 0 Å². The molecule has 3 aromatic heterocycles. The first-order chi connectivity index (χ1) is 28.0. The molecule has 0 unspecified atom stereocenters. The van der Waals surface area contributed by atoms with Crippen LogP contribution in [0.3, 0.4) is 0 Å². The van der Waals surface area contributed by atoms with Gasteiger partial charge in [-0.2, -0.15) is 0 Å². The highest BCUT2D eigenvalue weighted by Gasteiger charge is 2.39. The Balaban J connectivity index is 1.22. The Kier molecular flexibility index (Phi) is 7.38. The zero-order valence-electron chi connectivity index (χ0n) is 36.2. The van der Waals surface area contributed by atoms with Crippen LogP contribution in [0.15, 0.2) is 112 Å². The molecule has 5 heteroatoms. The number of rotatable bonds is 3. The van der Waals surface area contributed by atoms with Gasteiger partial charge in [0.25, 0.3) is 0 Å². The summed E-state index contributed by atoms with van der Waals surface area (Å²) in [6, 6.07) is 38.6. The molecule has 1 N–H and O–H groups in total. The lowest BCUT2D eigenvalue weighted by molar-refractivity contribution is 0.332. The molecule has 9 aromatic rings. The molecule has 1 aliphatic heterocycles. The second kappa shape index (κ2) is 12.0. The van der Waals surface area contributed by atoms with Crippen molar-refractivity contribution in [2.75, 3.05) is 5.32 Å². The predicted octanol–water partition coefficient (Wildman–Crippen LogP) is 13.5. The van der Waals surface area contributed by atoms with Gasteiger partial charge in [0.15, 0.2) is 0 Å². The van der Waals surface area contributed by atoms with Gasteiger partial charge in [0.2, 0.25) is 7.28 Å². The normalized spacial score (nSPS) is 15.9. The fraction of sp³-hybridized carbons (Fsp3) is 0.296. The van der Waals surface area contributed by atoms with Gasteiger partial charge in [-0.15, -0.1) is 0 Å². The summed E-state index contributed by atoms with van der Waals surface area (Å²) in [5.41, 5.74) is 19.1. The fourth-order valence-corrected chi connectivity index (χ4v) is 10.3. The monoisotopic (exact) mass is 772 g/mol. The van der Waals surface area contributed by atoms with Gasteiger partial charge in [0, 0.05) is 49.4 Å². The van der Waals surface area contributed by atoms with Gasteiger partial charge in [0.05, 0.1) is 16.9 Å². The molecule has 294 valence electrons. The molecular weight excluding hydrogens is 719 g/mol. The molecule has 4 heterocycles. The number of para-hydroxylation sites is 1. The SMILES string of the molecule is CC(C)(C)c1ccc(Nc2cc3c(cc2-c2ccc4c5cc6oc7ccccc7c6cc5n5c4c2Bc2oc4ccc(C(C)(C)C)cc4c2-5)C(C)(C)CCC3(C)C)cc1. The molecule has 0 spiro atoms. The Morgan fingerprint density at radius 1 is 0.576 bits per heavy atom. The number of nitrogens with one attached hydrogen (secondary N) is 1. The van der Waals surface area contributed by atoms with Crippen molar-refractivity contribution in [3.05, 3.63) is 125 Å². The van der Waals surface area contributed by atoms with Crippen molar-refractivity contribution >= 4 is 84.5 Å². The van der Waals surface area contributed by atoms with E-state index >= 15 is 0 Å². The number of fused-ring (bicyclic) bond motifs is 11. The summed E-state index contributed by atoms with van der Waals surface area (Å²) in [7, 11) is 0.697. The zero-order valence-corrected chi connectivity index (χ0v) is 36.2. The largest absolute Gasteiger partial charge is 0.469 e. The molecule has 0 amide bonds. The number of hydrogen-bond acceptors (Lipinski definition) is 3. The first-order valence-corrected chi connectivity index (χ1v) is 21.5. The van der Waals surface area contributed by atoms with Crippen LogP contribution in [0.1, 0.15) is 104 Å². The molecule has 11 rings (SSSR count). The van der Waals surface area contributed by atoms with Gasteiger partial charge in [-0.25, -0.2) is 0 Å². The van der Waals surface area contributed by atoms with Crippen molar-refractivity contribution in [2.45, 2.75) is 104 Å². The Labute approximate surface area is 347 Å². The molecule has 4 nitrogen and oxygen atoms in total. The van der Waals surface area contributed by atoms with Crippen molar-refractivity contribution in [3.8, 4) is 16.8 Å². The van der Waals surface area contributed by atoms with Crippen LogP contribution in [0.25, 0.3) is 71.5 Å². The Bertz CT molecular complexity index is 3230. The maximum absolute atomic E-state index is 6.96. The van der Waals surface area contributed by atoms with Gasteiger partial charge >= 0.3 is 0 Å². The standard InChI is InChI=1S/C54H53BN2O2/c1-51(2,3)30-15-18-32(19-16-30)56-42-29-41-40(53(7,8)23-24-54(41,9)10)26-36(42)34-20-21-35-37-28-46-38(33-13-11-12-14-44(33)58-46)27-43(37)57-48(35)47(34)55-50-49(57)39-25-31(52(4,5)6)17-22-45(39)59-50/h11-22,25-29,55-56H,23-24H2,1-10H3. The summed E-state index contributed by atoms with van der Waals surface area (Å²) < 4.78 is 16.0. The number of aromatic nitrogens is 1. The van der Waals surface area contributed by atoms with E-state index in [0.29, 0.717) is 7.28 Å². The highest BCUT2D eigenvalue weighted by molar-refractivity contribution is 6.73. The third kappa shape index (κ3) is 5.42. The van der Waals surface area contributed by atoms with Gasteiger partial charge in [-0.05, 0) is 122 Å². The maximum Gasteiger partial charge on any atom is 0.244 e. The average Bonchev–Trinajstić information content (AvgIpc) is 3.84. The highest BCUT2D eigenvalue weighted by Crippen LogP contribution is 2.50. The van der Waals surface area contributed by atoms with Crippen LogP contribution < -0.4 is 16.4 Å². The molecule has 6 aromatic carbocycles. The summed E-state index contributed by atoms with van der Waals surface area (Å²) >= 11 is 0. The van der Waals surface area contributed by atoms with Crippen LogP contribution in [-0.2, 0) is 21.7 Å². The van der Waals surface area contributed by atoms with Crippen LogP contribution in [0, 0.1) is 0 Å². The summed E-state index contributed by atoms with van der Waals surface area (Å²) in [6.45, 7) is 23.4. The van der Waals surface area contributed by atoms with Crippen LogP contribution in [0.5, 0.6) is 0 Å². The fourth-order valence-electron chi connectivity index (χ4n) is 10.3. The van der Waals surface area contributed by atoms with Crippen molar-refractivity contribution in [1.29, 1.82) is 0 Å². The second-order valence-electron chi connectivity index (χ2n) is 21.0. The highest BCUT2D eigenvalue weighted by atomic mass is 16.3. The van der Waals surface area contributed by atoms with E-state index in [1.807, 2.05) is 0 Å². The van der Waals surface area contributed by atoms with Gasteiger partial charge in [-0.1, -0.05) is 118 Å². The van der Waals surface area contributed by atoms with E-state index in [4.69, 9.17) is 8.83 Å². The van der Waals surface area contributed by atoms with Gasteiger partial charge < -0.3 is 18.7 Å². The third-order valence-corrected chi connectivity index (χ3v) is 14.0.